The quantitative estimate of drug-likeness (QED) is 0.360. The van der Waals surface area contributed by atoms with E-state index >= 15 is 0 Å². The molecule has 0 fully saturated rings. The Labute approximate surface area is 188 Å². The van der Waals surface area contributed by atoms with Gasteiger partial charge in [-0.1, -0.05) is 44.2 Å². The molecule has 0 amide bonds. The molecular weight excluding hydrogens is 382 g/mol. The van der Waals surface area contributed by atoms with Crippen LogP contribution in [0.25, 0.3) is 0 Å². The third-order valence-electron chi connectivity index (χ3n) is 7.23. The summed E-state index contributed by atoms with van der Waals surface area (Å²) in [5, 5.41) is 3.66. The lowest BCUT2D eigenvalue weighted by atomic mass is 9.63. The van der Waals surface area contributed by atoms with Gasteiger partial charge in [-0.25, -0.2) is 0 Å². The Kier molecular flexibility index (Phi) is 8.71. The van der Waals surface area contributed by atoms with Crippen molar-refractivity contribution in [2.75, 3.05) is 20.2 Å². The molecule has 0 bridgehead atoms. The van der Waals surface area contributed by atoms with Crippen LogP contribution in [0.1, 0.15) is 61.8 Å². The van der Waals surface area contributed by atoms with Crippen molar-refractivity contribution >= 4 is 6.29 Å². The maximum atomic E-state index is 10.8. The van der Waals surface area contributed by atoms with Crippen LogP contribution < -0.4 is 10.1 Å². The van der Waals surface area contributed by atoms with E-state index in [0.717, 1.165) is 50.0 Å². The second-order valence-electron chi connectivity index (χ2n) is 9.48. The van der Waals surface area contributed by atoms with Crippen molar-refractivity contribution in [3.05, 3.63) is 64.7 Å². The summed E-state index contributed by atoms with van der Waals surface area (Å²) in [6.07, 6.45) is 9.88. The number of benzene rings is 2. The molecule has 1 atom stereocenters. The van der Waals surface area contributed by atoms with E-state index in [1.165, 1.54) is 42.4 Å². The summed E-state index contributed by atoms with van der Waals surface area (Å²) in [7, 11) is 1.72. The SMILES string of the molecule is COc1cccc(CCCNCCCC2(C(C)C)CCc3cc(CC=O)ccc3C2)c1. The first-order valence-corrected chi connectivity index (χ1v) is 11.9. The highest BCUT2D eigenvalue weighted by Crippen LogP contribution is 2.45. The third kappa shape index (κ3) is 6.43. The van der Waals surface area contributed by atoms with Gasteiger partial charge in [0.15, 0.2) is 0 Å². The highest BCUT2D eigenvalue weighted by molar-refractivity contribution is 5.55. The minimum Gasteiger partial charge on any atom is -0.497 e. The van der Waals surface area contributed by atoms with Gasteiger partial charge in [0.25, 0.3) is 0 Å². The van der Waals surface area contributed by atoms with E-state index in [1.54, 1.807) is 7.11 Å². The Morgan fingerprint density at radius 1 is 1.06 bits per heavy atom. The summed E-state index contributed by atoms with van der Waals surface area (Å²) in [4.78, 5) is 10.8. The molecule has 168 valence electrons. The van der Waals surface area contributed by atoms with Gasteiger partial charge in [-0.3, -0.25) is 0 Å². The number of hydrogen-bond acceptors (Lipinski definition) is 3. The molecular formula is C28H39NO2. The molecule has 0 saturated heterocycles. The fourth-order valence-electron chi connectivity index (χ4n) is 5.09. The van der Waals surface area contributed by atoms with Crippen molar-refractivity contribution in [1.82, 2.24) is 5.32 Å². The van der Waals surface area contributed by atoms with Crippen LogP contribution in [0.15, 0.2) is 42.5 Å². The first-order chi connectivity index (χ1) is 15.1. The molecule has 31 heavy (non-hydrogen) atoms. The fourth-order valence-corrected chi connectivity index (χ4v) is 5.09. The van der Waals surface area contributed by atoms with Crippen LogP contribution in [-0.4, -0.2) is 26.5 Å². The van der Waals surface area contributed by atoms with Gasteiger partial charge in [-0.2, -0.15) is 0 Å². The zero-order valence-electron chi connectivity index (χ0n) is 19.6. The predicted molar refractivity (Wildman–Crippen MR) is 129 cm³/mol. The van der Waals surface area contributed by atoms with Gasteiger partial charge < -0.3 is 14.8 Å². The molecule has 1 N–H and O–H groups in total. The van der Waals surface area contributed by atoms with Crippen LogP contribution in [-0.2, 0) is 30.5 Å². The molecule has 0 heterocycles. The molecule has 3 rings (SSSR count). The van der Waals surface area contributed by atoms with Crippen LogP contribution in [0.2, 0.25) is 0 Å². The largest absolute Gasteiger partial charge is 0.497 e. The average Bonchev–Trinajstić information content (AvgIpc) is 2.78. The lowest BCUT2D eigenvalue weighted by Gasteiger charge is -2.42. The monoisotopic (exact) mass is 421 g/mol. The average molecular weight is 422 g/mol. The summed E-state index contributed by atoms with van der Waals surface area (Å²) in [5.41, 5.74) is 5.87. The predicted octanol–water partition coefficient (Wildman–Crippen LogP) is 5.57. The molecule has 1 aliphatic rings. The Hall–Kier alpha value is -2.13. The smallest absolute Gasteiger partial charge is 0.124 e. The second kappa shape index (κ2) is 11.5. The zero-order chi connectivity index (χ0) is 22.1. The second-order valence-corrected chi connectivity index (χ2v) is 9.48. The van der Waals surface area contributed by atoms with E-state index in [-0.39, 0.29) is 0 Å². The molecule has 0 radical (unpaired) electrons. The number of carbonyl (C=O) groups is 1. The number of fused-ring (bicyclic) bond motifs is 1. The summed E-state index contributed by atoms with van der Waals surface area (Å²) in [5.74, 6) is 1.63. The maximum absolute atomic E-state index is 10.8. The number of aldehydes is 1. The standard InChI is InChI=1S/C28H39NO2/c1-22(2)28(15-12-25-19-24(13-18-30)10-11-26(25)21-28)14-6-17-29-16-5-8-23-7-4-9-27(20-23)31-3/h4,7,9-11,18-20,22,29H,5-6,8,12-17,21H2,1-3H3. The van der Waals surface area contributed by atoms with E-state index in [0.29, 0.717) is 17.8 Å². The fraction of sp³-hybridized carbons (Fsp3) is 0.536. The highest BCUT2D eigenvalue weighted by atomic mass is 16.5. The number of carbonyl (C=O) groups excluding carboxylic acids is 1. The van der Waals surface area contributed by atoms with Crippen molar-refractivity contribution in [2.45, 2.75) is 65.2 Å². The van der Waals surface area contributed by atoms with E-state index in [4.69, 9.17) is 4.74 Å². The van der Waals surface area contributed by atoms with Crippen molar-refractivity contribution in [3.63, 3.8) is 0 Å². The van der Waals surface area contributed by atoms with Gasteiger partial charge in [0.2, 0.25) is 0 Å². The Balaban J connectivity index is 1.43. The number of nitrogens with one attached hydrogen (secondary N) is 1. The molecule has 1 aliphatic carbocycles. The molecule has 0 saturated carbocycles. The van der Waals surface area contributed by atoms with Gasteiger partial charge in [0.1, 0.15) is 12.0 Å². The van der Waals surface area contributed by atoms with Crippen LogP contribution in [0.3, 0.4) is 0 Å². The minimum absolute atomic E-state index is 0.404. The normalized spacial score (nSPS) is 18.1. The molecule has 0 spiro atoms. The number of aryl methyl sites for hydroxylation is 2. The molecule has 1 unspecified atom stereocenters. The van der Waals surface area contributed by atoms with Crippen LogP contribution in [0.5, 0.6) is 5.75 Å². The molecule has 2 aromatic rings. The van der Waals surface area contributed by atoms with Gasteiger partial charge in [-0.15, -0.1) is 0 Å². The summed E-state index contributed by atoms with van der Waals surface area (Å²) in [6.45, 7) is 6.95. The lowest BCUT2D eigenvalue weighted by molar-refractivity contribution is -0.107. The first kappa shape index (κ1) is 23.5. The Bertz CT molecular complexity index is 845. The zero-order valence-corrected chi connectivity index (χ0v) is 19.6. The van der Waals surface area contributed by atoms with E-state index in [2.05, 4.69) is 55.6 Å². The van der Waals surface area contributed by atoms with Gasteiger partial charge >= 0.3 is 0 Å². The first-order valence-electron chi connectivity index (χ1n) is 11.9. The van der Waals surface area contributed by atoms with Gasteiger partial charge in [0, 0.05) is 6.42 Å². The number of rotatable bonds is 12. The molecule has 3 heteroatoms. The highest BCUT2D eigenvalue weighted by Gasteiger charge is 2.36. The number of hydrogen-bond donors (Lipinski definition) is 1. The van der Waals surface area contributed by atoms with Gasteiger partial charge in [0.05, 0.1) is 7.11 Å². The topological polar surface area (TPSA) is 38.3 Å². The molecule has 0 aromatic heterocycles. The summed E-state index contributed by atoms with van der Waals surface area (Å²) >= 11 is 0. The maximum Gasteiger partial charge on any atom is 0.124 e. The van der Waals surface area contributed by atoms with Crippen molar-refractivity contribution in [3.8, 4) is 5.75 Å². The van der Waals surface area contributed by atoms with E-state index < -0.39 is 0 Å². The van der Waals surface area contributed by atoms with Crippen LogP contribution in [0, 0.1) is 11.3 Å². The van der Waals surface area contributed by atoms with Crippen molar-refractivity contribution in [2.24, 2.45) is 11.3 Å². The molecule has 2 aromatic carbocycles. The van der Waals surface area contributed by atoms with Crippen LogP contribution >= 0.6 is 0 Å². The van der Waals surface area contributed by atoms with Crippen molar-refractivity contribution < 1.29 is 9.53 Å². The lowest BCUT2D eigenvalue weighted by Crippen LogP contribution is -2.35. The summed E-state index contributed by atoms with van der Waals surface area (Å²) < 4.78 is 5.31. The van der Waals surface area contributed by atoms with Gasteiger partial charge in [-0.05, 0) is 104 Å². The van der Waals surface area contributed by atoms with E-state index in [1.807, 2.05) is 6.07 Å². The minimum atomic E-state index is 0.404. The third-order valence-corrected chi connectivity index (χ3v) is 7.23. The summed E-state index contributed by atoms with van der Waals surface area (Å²) in [6, 6.07) is 15.1. The van der Waals surface area contributed by atoms with Crippen molar-refractivity contribution in [1.29, 1.82) is 0 Å². The molecule has 0 aliphatic heterocycles. The number of methoxy groups -OCH3 is 1. The van der Waals surface area contributed by atoms with Crippen LogP contribution in [0.4, 0.5) is 0 Å². The molecule has 3 nitrogen and oxygen atoms in total. The Morgan fingerprint density at radius 3 is 2.68 bits per heavy atom. The number of ether oxygens (including phenoxy) is 1. The van der Waals surface area contributed by atoms with E-state index in [9.17, 15) is 4.79 Å². The Morgan fingerprint density at radius 2 is 1.90 bits per heavy atom.